The van der Waals surface area contributed by atoms with Gasteiger partial charge >= 0.3 is 59.1 Å². The molecule has 0 spiro atoms. The van der Waals surface area contributed by atoms with E-state index in [4.69, 9.17) is 23.3 Å². The molecule has 0 aromatic heterocycles. The van der Waals surface area contributed by atoms with E-state index in [2.05, 4.69) is 19.1 Å². The Bertz CT molecular complexity index is 213. The van der Waals surface area contributed by atoms with E-state index in [1.807, 2.05) is 0 Å². The minimum absolute atomic E-state index is 0. The summed E-state index contributed by atoms with van der Waals surface area (Å²) in [5, 5.41) is 0. The molecule has 5 nitrogen and oxygen atoms in total. The molecule has 0 bridgehead atoms. The summed E-state index contributed by atoms with van der Waals surface area (Å²) in [6.45, 7) is 2.10. The Morgan fingerprint density at radius 3 is 1.79 bits per heavy atom. The van der Waals surface area contributed by atoms with Crippen LogP contribution in [0.15, 0.2) is 0 Å². The van der Waals surface area contributed by atoms with Gasteiger partial charge in [0.1, 0.15) is 4.32 Å². The summed E-state index contributed by atoms with van der Waals surface area (Å²) in [5.41, 5.74) is 5.17. The molecule has 14 heavy (non-hydrogen) atoms. The molecular formula is C4H9NNa2O4S3. The fourth-order valence-electron chi connectivity index (χ4n) is 0.203. The van der Waals surface area contributed by atoms with Crippen molar-refractivity contribution in [3.63, 3.8) is 0 Å². The average molecular weight is 277 g/mol. The zero-order chi connectivity index (χ0) is 10.2. The Morgan fingerprint density at radius 1 is 1.43 bits per heavy atom. The predicted molar refractivity (Wildman–Crippen MR) is 50.0 cm³/mol. The summed E-state index contributed by atoms with van der Waals surface area (Å²) in [6, 6.07) is 0. The molecule has 10 heteroatoms. The first kappa shape index (κ1) is 25.1. The van der Waals surface area contributed by atoms with Gasteiger partial charge in [-0.2, -0.15) is 0 Å². The molecule has 2 N–H and O–H groups in total. The smallest absolute Gasteiger partial charge is 0.759 e. The summed E-state index contributed by atoms with van der Waals surface area (Å²) in [6.07, 6.45) is 1.14. The molecule has 0 saturated carbocycles. The normalized spacial score (nSPS) is 8.50. The maximum atomic E-state index is 8.52. The quantitative estimate of drug-likeness (QED) is 0.232. The zero-order valence-electron chi connectivity index (χ0n) is 8.35. The van der Waals surface area contributed by atoms with Gasteiger partial charge in [-0.05, 0) is 12.2 Å². The monoisotopic (exact) mass is 277 g/mol. The van der Waals surface area contributed by atoms with Gasteiger partial charge in [0.15, 0.2) is 0 Å². The number of hydrogen-bond donors (Lipinski definition) is 1. The van der Waals surface area contributed by atoms with Crippen LogP contribution in [0, 0.1) is 0 Å². The van der Waals surface area contributed by atoms with Crippen LogP contribution in [-0.2, 0) is 10.4 Å². The van der Waals surface area contributed by atoms with Crippen molar-refractivity contribution in [3.05, 3.63) is 0 Å². The molecule has 0 aliphatic carbocycles. The average Bonchev–Trinajstić information content (AvgIpc) is 1.79. The molecule has 0 amide bonds. The van der Waals surface area contributed by atoms with Crippen LogP contribution in [-0.4, -0.2) is 27.6 Å². The summed E-state index contributed by atoms with van der Waals surface area (Å²) < 4.78 is 34.6. The van der Waals surface area contributed by atoms with Crippen molar-refractivity contribution in [3.8, 4) is 0 Å². The summed E-state index contributed by atoms with van der Waals surface area (Å²) in [4.78, 5) is 0. The van der Waals surface area contributed by atoms with Crippen molar-refractivity contribution in [2.24, 2.45) is 5.73 Å². The van der Waals surface area contributed by atoms with Crippen LogP contribution in [0.4, 0.5) is 0 Å². The molecule has 74 valence electrons. The first-order chi connectivity index (χ1) is 5.27. The van der Waals surface area contributed by atoms with Gasteiger partial charge in [-0.25, -0.2) is 0 Å². The second kappa shape index (κ2) is 15.1. The Kier molecular flexibility index (Phi) is 27.1. The number of thiocarbonyl (C=S) groups is 1. The first-order valence-corrected chi connectivity index (χ1v) is 5.59. The van der Waals surface area contributed by atoms with E-state index in [-0.39, 0.29) is 59.1 Å². The fourth-order valence-corrected chi connectivity index (χ4v) is 0.858. The maximum Gasteiger partial charge on any atom is 1.00 e. The van der Waals surface area contributed by atoms with Gasteiger partial charge in [-0.3, -0.25) is 8.42 Å². The van der Waals surface area contributed by atoms with Gasteiger partial charge in [0.2, 0.25) is 0 Å². The molecule has 0 aromatic carbocycles. The van der Waals surface area contributed by atoms with E-state index >= 15 is 0 Å². The van der Waals surface area contributed by atoms with E-state index in [9.17, 15) is 0 Å². The standard InChI is InChI=1S/C4H9NS2.2Na.H2O4S/c1-2-3-7-4(5)6;;;1-5(2,3)4/h2-3H2,1H3,(H2,5,6);;;(H2,1,2,3,4)/q;2*+1;/p-2. The van der Waals surface area contributed by atoms with Crippen molar-refractivity contribution in [1.29, 1.82) is 0 Å². The number of nitrogens with two attached hydrogens (primary N) is 1. The summed E-state index contributed by atoms with van der Waals surface area (Å²) in [5.74, 6) is 1.05. The van der Waals surface area contributed by atoms with E-state index in [1.54, 1.807) is 11.8 Å². The Hall–Kier alpha value is 2.11. The van der Waals surface area contributed by atoms with Crippen LogP contribution in [0.3, 0.4) is 0 Å². The summed E-state index contributed by atoms with van der Waals surface area (Å²) >= 11 is 6.14. The molecule has 0 unspecified atom stereocenters. The van der Waals surface area contributed by atoms with Crippen LogP contribution < -0.4 is 64.8 Å². The van der Waals surface area contributed by atoms with Crippen molar-refractivity contribution in [1.82, 2.24) is 0 Å². The van der Waals surface area contributed by atoms with E-state index in [0.29, 0.717) is 4.32 Å². The molecule has 0 rings (SSSR count). The zero-order valence-corrected chi connectivity index (χ0v) is 14.8. The van der Waals surface area contributed by atoms with Crippen molar-refractivity contribution < 1.29 is 76.6 Å². The van der Waals surface area contributed by atoms with Gasteiger partial charge < -0.3 is 14.8 Å². The molecule has 0 aromatic rings. The Balaban J connectivity index is -0.0000000651. The van der Waals surface area contributed by atoms with E-state index < -0.39 is 10.4 Å². The molecule has 0 aliphatic rings. The number of rotatable bonds is 2. The molecule has 0 aliphatic heterocycles. The van der Waals surface area contributed by atoms with Crippen molar-refractivity contribution >= 4 is 38.7 Å². The predicted octanol–water partition coefficient (Wildman–Crippen LogP) is -5.96. The topological polar surface area (TPSA) is 106 Å². The molecule has 0 saturated heterocycles. The van der Waals surface area contributed by atoms with Crippen molar-refractivity contribution in [2.45, 2.75) is 13.3 Å². The van der Waals surface area contributed by atoms with E-state index in [0.717, 1.165) is 12.2 Å². The van der Waals surface area contributed by atoms with Crippen LogP contribution in [0.5, 0.6) is 0 Å². The largest absolute Gasteiger partial charge is 1.00 e. The molecule has 0 fully saturated rings. The third-order valence-corrected chi connectivity index (χ3v) is 1.70. The summed E-state index contributed by atoms with van der Waals surface area (Å²) in [7, 11) is -5.17. The fraction of sp³-hybridized carbons (Fsp3) is 0.750. The number of hydrogen-bond acceptors (Lipinski definition) is 6. The SMILES string of the molecule is CCCSC(N)=S.O=S(=O)([O-])[O-].[Na+].[Na+]. The van der Waals surface area contributed by atoms with Gasteiger partial charge in [0.05, 0.1) is 0 Å². The van der Waals surface area contributed by atoms with Crippen LogP contribution in [0.25, 0.3) is 0 Å². The molecule has 0 atom stereocenters. The van der Waals surface area contributed by atoms with Crippen molar-refractivity contribution in [2.75, 3.05) is 5.75 Å². The molecule has 0 radical (unpaired) electrons. The Morgan fingerprint density at radius 2 is 1.71 bits per heavy atom. The number of thioether (sulfide) groups is 1. The minimum atomic E-state index is -5.17. The third kappa shape index (κ3) is 65.0. The maximum absolute atomic E-state index is 8.52. The Labute approximate surface area is 138 Å². The molecule has 0 heterocycles. The molecular weight excluding hydrogens is 268 g/mol. The van der Waals surface area contributed by atoms with E-state index in [1.165, 1.54) is 0 Å². The first-order valence-electron chi connectivity index (χ1n) is 2.86. The van der Waals surface area contributed by atoms with Gasteiger partial charge in [0.25, 0.3) is 0 Å². The second-order valence-electron chi connectivity index (χ2n) is 1.58. The van der Waals surface area contributed by atoms with Gasteiger partial charge in [-0.15, -0.1) is 0 Å². The van der Waals surface area contributed by atoms with Crippen LogP contribution in [0.2, 0.25) is 0 Å². The third-order valence-electron chi connectivity index (χ3n) is 0.448. The van der Waals surface area contributed by atoms with Gasteiger partial charge in [0, 0.05) is 10.4 Å². The second-order valence-corrected chi connectivity index (χ2v) is 4.23. The van der Waals surface area contributed by atoms with Crippen LogP contribution >= 0.6 is 24.0 Å². The minimum Gasteiger partial charge on any atom is -0.759 e. The van der Waals surface area contributed by atoms with Crippen LogP contribution in [0.1, 0.15) is 13.3 Å². The van der Waals surface area contributed by atoms with Gasteiger partial charge in [-0.1, -0.05) is 30.9 Å².